The summed E-state index contributed by atoms with van der Waals surface area (Å²) >= 11 is 12.0. The highest BCUT2D eigenvalue weighted by molar-refractivity contribution is 6.35. The molecular formula is C14H14Cl2N4O. The number of halogens is 2. The topological polar surface area (TPSA) is 59.0 Å². The number of hydrogen-bond donors (Lipinski definition) is 2. The van der Waals surface area contributed by atoms with Crippen molar-refractivity contribution in [2.45, 2.75) is 0 Å². The molecule has 7 heteroatoms. The number of amides is 1. The molecule has 3 rings (SSSR count). The number of carbonyl (C=O) groups excluding carboxylic acids is 1. The minimum Gasteiger partial charge on any atom is -0.350 e. The van der Waals surface area contributed by atoms with E-state index in [1.165, 1.54) is 6.20 Å². The Kier molecular flexibility index (Phi) is 4.14. The summed E-state index contributed by atoms with van der Waals surface area (Å²) < 4.78 is 1.66. The van der Waals surface area contributed by atoms with Gasteiger partial charge < -0.3 is 10.6 Å². The molecule has 2 N–H and O–H groups in total. The van der Waals surface area contributed by atoms with E-state index in [2.05, 4.69) is 15.6 Å². The van der Waals surface area contributed by atoms with Crippen LogP contribution in [-0.2, 0) is 0 Å². The standard InChI is InChI=1S/C14H14Cl2N4O/c15-10-4-11(16)13(18-8-10)20-3-1-2-12(20)14(21)19-7-9-5-17-6-9/h1-4,8-9,17H,5-7H2,(H,19,21). The Balaban J connectivity index is 1.80. The fourth-order valence-corrected chi connectivity index (χ4v) is 2.63. The average molecular weight is 325 g/mol. The molecule has 0 saturated carbocycles. The quantitative estimate of drug-likeness (QED) is 0.905. The van der Waals surface area contributed by atoms with Crippen LogP contribution in [0.1, 0.15) is 10.5 Å². The minimum atomic E-state index is -0.139. The fourth-order valence-electron chi connectivity index (χ4n) is 2.16. The molecule has 0 spiro atoms. The highest BCUT2D eigenvalue weighted by Gasteiger charge is 2.19. The normalized spacial score (nSPS) is 14.8. The van der Waals surface area contributed by atoms with Crippen molar-refractivity contribution in [2.24, 2.45) is 5.92 Å². The van der Waals surface area contributed by atoms with Crippen LogP contribution < -0.4 is 10.6 Å². The molecule has 0 radical (unpaired) electrons. The van der Waals surface area contributed by atoms with Crippen LogP contribution in [0.5, 0.6) is 0 Å². The Hall–Kier alpha value is -1.56. The predicted molar refractivity (Wildman–Crippen MR) is 82.3 cm³/mol. The molecule has 0 unspecified atom stereocenters. The number of carbonyl (C=O) groups is 1. The maximum atomic E-state index is 12.3. The second-order valence-electron chi connectivity index (χ2n) is 4.96. The summed E-state index contributed by atoms with van der Waals surface area (Å²) in [6, 6.07) is 5.13. The van der Waals surface area contributed by atoms with E-state index in [4.69, 9.17) is 23.2 Å². The SMILES string of the molecule is O=C(NCC1CNC1)c1cccn1-c1ncc(Cl)cc1Cl. The summed E-state index contributed by atoms with van der Waals surface area (Å²) in [6.45, 7) is 2.57. The molecule has 1 fully saturated rings. The molecule has 5 nitrogen and oxygen atoms in total. The fraction of sp³-hybridized carbons (Fsp3) is 0.286. The Morgan fingerprint density at radius 1 is 1.48 bits per heavy atom. The maximum absolute atomic E-state index is 12.3. The first-order chi connectivity index (χ1) is 10.1. The van der Waals surface area contributed by atoms with Crippen molar-refractivity contribution in [3.05, 3.63) is 46.3 Å². The molecule has 1 saturated heterocycles. The third kappa shape index (κ3) is 3.05. The van der Waals surface area contributed by atoms with Crippen molar-refractivity contribution < 1.29 is 4.79 Å². The van der Waals surface area contributed by atoms with Gasteiger partial charge in [0.25, 0.3) is 5.91 Å². The van der Waals surface area contributed by atoms with Gasteiger partial charge >= 0.3 is 0 Å². The molecule has 0 aromatic carbocycles. The van der Waals surface area contributed by atoms with Crippen LogP contribution in [0.2, 0.25) is 10.0 Å². The molecule has 2 aromatic heterocycles. The van der Waals surface area contributed by atoms with E-state index in [1.54, 1.807) is 29.0 Å². The second kappa shape index (κ2) is 6.05. The summed E-state index contributed by atoms with van der Waals surface area (Å²) in [6.07, 6.45) is 3.26. The minimum absolute atomic E-state index is 0.139. The van der Waals surface area contributed by atoms with Crippen LogP contribution in [0.25, 0.3) is 5.82 Å². The predicted octanol–water partition coefficient (Wildman–Crippen LogP) is 2.13. The molecule has 0 bridgehead atoms. The van der Waals surface area contributed by atoms with E-state index < -0.39 is 0 Å². The molecule has 2 aromatic rings. The van der Waals surface area contributed by atoms with Crippen LogP contribution >= 0.6 is 23.2 Å². The number of rotatable bonds is 4. The average Bonchev–Trinajstić information content (AvgIpc) is 2.85. The highest BCUT2D eigenvalue weighted by Crippen LogP contribution is 2.23. The van der Waals surface area contributed by atoms with Crippen molar-refractivity contribution in [1.29, 1.82) is 0 Å². The molecule has 1 aliphatic heterocycles. The van der Waals surface area contributed by atoms with Crippen LogP contribution in [0, 0.1) is 5.92 Å². The number of aromatic nitrogens is 2. The van der Waals surface area contributed by atoms with Crippen LogP contribution in [0.3, 0.4) is 0 Å². The number of pyridine rings is 1. The zero-order valence-electron chi connectivity index (χ0n) is 11.1. The Morgan fingerprint density at radius 2 is 2.29 bits per heavy atom. The molecule has 0 aliphatic carbocycles. The van der Waals surface area contributed by atoms with Crippen molar-refractivity contribution in [3.63, 3.8) is 0 Å². The van der Waals surface area contributed by atoms with Gasteiger partial charge in [0, 0.05) is 37.9 Å². The van der Waals surface area contributed by atoms with Gasteiger partial charge in [0.05, 0.1) is 10.0 Å². The first-order valence-corrected chi connectivity index (χ1v) is 7.38. The Morgan fingerprint density at radius 3 is 2.95 bits per heavy atom. The zero-order valence-corrected chi connectivity index (χ0v) is 12.7. The first kappa shape index (κ1) is 14.4. The molecule has 21 heavy (non-hydrogen) atoms. The van der Waals surface area contributed by atoms with Gasteiger partial charge in [-0.05, 0) is 18.2 Å². The van der Waals surface area contributed by atoms with Crippen LogP contribution in [-0.4, -0.2) is 35.1 Å². The van der Waals surface area contributed by atoms with E-state index in [0.717, 1.165) is 13.1 Å². The summed E-state index contributed by atoms with van der Waals surface area (Å²) in [5.74, 6) is 0.857. The molecular weight excluding hydrogens is 311 g/mol. The summed E-state index contributed by atoms with van der Waals surface area (Å²) in [5, 5.41) is 6.96. The van der Waals surface area contributed by atoms with Gasteiger partial charge in [0.1, 0.15) is 5.69 Å². The largest absolute Gasteiger partial charge is 0.350 e. The van der Waals surface area contributed by atoms with Crippen molar-refractivity contribution in [2.75, 3.05) is 19.6 Å². The van der Waals surface area contributed by atoms with E-state index in [1.807, 2.05) is 0 Å². The monoisotopic (exact) mass is 324 g/mol. The van der Waals surface area contributed by atoms with Gasteiger partial charge in [-0.15, -0.1) is 0 Å². The lowest BCUT2D eigenvalue weighted by atomic mass is 10.0. The van der Waals surface area contributed by atoms with Gasteiger partial charge in [-0.25, -0.2) is 4.98 Å². The van der Waals surface area contributed by atoms with Crippen LogP contribution in [0.15, 0.2) is 30.6 Å². The van der Waals surface area contributed by atoms with Crippen molar-refractivity contribution in [1.82, 2.24) is 20.2 Å². The smallest absolute Gasteiger partial charge is 0.268 e. The maximum Gasteiger partial charge on any atom is 0.268 e. The van der Waals surface area contributed by atoms with E-state index in [9.17, 15) is 4.79 Å². The lowest BCUT2D eigenvalue weighted by Crippen LogP contribution is -2.48. The number of nitrogens with zero attached hydrogens (tertiary/aromatic N) is 2. The number of hydrogen-bond acceptors (Lipinski definition) is 3. The van der Waals surface area contributed by atoms with Crippen molar-refractivity contribution in [3.8, 4) is 5.82 Å². The molecule has 1 aliphatic rings. The second-order valence-corrected chi connectivity index (χ2v) is 5.80. The van der Waals surface area contributed by atoms with Crippen LogP contribution in [0.4, 0.5) is 0 Å². The first-order valence-electron chi connectivity index (χ1n) is 6.63. The lowest BCUT2D eigenvalue weighted by Gasteiger charge is -2.27. The third-order valence-electron chi connectivity index (χ3n) is 3.42. The van der Waals surface area contributed by atoms with Gasteiger partial charge in [-0.1, -0.05) is 23.2 Å². The van der Waals surface area contributed by atoms with Crippen molar-refractivity contribution >= 4 is 29.1 Å². The number of nitrogens with one attached hydrogen (secondary N) is 2. The zero-order chi connectivity index (χ0) is 14.8. The van der Waals surface area contributed by atoms with Gasteiger partial charge in [-0.2, -0.15) is 0 Å². The molecule has 110 valence electrons. The van der Waals surface area contributed by atoms with Gasteiger partial charge in [0.2, 0.25) is 0 Å². The van der Waals surface area contributed by atoms with Gasteiger partial charge in [0.15, 0.2) is 5.82 Å². The molecule has 1 amide bonds. The van der Waals surface area contributed by atoms with E-state index in [-0.39, 0.29) is 5.91 Å². The lowest BCUT2D eigenvalue weighted by molar-refractivity contribution is 0.0935. The highest BCUT2D eigenvalue weighted by atomic mass is 35.5. The Bertz CT molecular complexity index is 667. The van der Waals surface area contributed by atoms with E-state index in [0.29, 0.717) is 34.0 Å². The molecule has 0 atom stereocenters. The summed E-state index contributed by atoms with van der Waals surface area (Å²) in [5.41, 5.74) is 0.499. The van der Waals surface area contributed by atoms with E-state index >= 15 is 0 Å². The molecule has 3 heterocycles. The summed E-state index contributed by atoms with van der Waals surface area (Å²) in [4.78, 5) is 16.5. The summed E-state index contributed by atoms with van der Waals surface area (Å²) in [7, 11) is 0. The Labute approximate surface area is 132 Å². The van der Waals surface area contributed by atoms with Gasteiger partial charge in [-0.3, -0.25) is 9.36 Å². The third-order valence-corrected chi connectivity index (χ3v) is 3.90.